The second-order valence-electron chi connectivity index (χ2n) is 3.67. The molecule has 0 saturated heterocycles. The van der Waals surface area contributed by atoms with Crippen molar-refractivity contribution in [3.05, 3.63) is 43.0 Å². The number of nitrogens with zero attached hydrogens (tertiary/aromatic N) is 1. The Kier molecular flexibility index (Phi) is 6.76. The fourth-order valence-corrected chi connectivity index (χ4v) is 1.47. The number of hydrogen-bond donors (Lipinski definition) is 0. The Bertz CT molecular complexity index is 365. The fraction of sp³-hybridized carbons (Fsp3) is 0.357. The summed E-state index contributed by atoms with van der Waals surface area (Å²) in [6.45, 7) is 5.08. The molecule has 1 aromatic rings. The number of hydrogen-bond acceptors (Lipinski definition) is 3. The maximum Gasteiger partial charge on any atom is 0.253 e. The van der Waals surface area contributed by atoms with Crippen LogP contribution in [-0.2, 0) is 14.3 Å². The third-order valence-electron chi connectivity index (χ3n) is 2.34. The molecule has 0 heterocycles. The van der Waals surface area contributed by atoms with Gasteiger partial charge >= 0.3 is 0 Å². The van der Waals surface area contributed by atoms with Crippen molar-refractivity contribution in [2.75, 3.05) is 38.4 Å². The van der Waals surface area contributed by atoms with Crippen LogP contribution in [0.1, 0.15) is 0 Å². The van der Waals surface area contributed by atoms with Crippen molar-refractivity contribution in [3.63, 3.8) is 0 Å². The lowest BCUT2D eigenvalue weighted by Gasteiger charge is -2.21. The van der Waals surface area contributed by atoms with Gasteiger partial charge in [0.1, 0.15) is 6.61 Å². The first kappa shape index (κ1) is 14.4. The topological polar surface area (TPSA) is 38.8 Å². The molecule has 0 unspecified atom stereocenters. The molecule has 1 amide bonds. The van der Waals surface area contributed by atoms with Crippen LogP contribution in [0.4, 0.5) is 5.69 Å². The number of amides is 1. The predicted octanol–water partition coefficient (Wildman–Crippen LogP) is 1.87. The van der Waals surface area contributed by atoms with E-state index in [1.165, 1.54) is 0 Å². The van der Waals surface area contributed by atoms with Gasteiger partial charge in [0.25, 0.3) is 5.91 Å². The summed E-state index contributed by atoms with van der Waals surface area (Å²) < 4.78 is 10.1. The number of carbonyl (C=O) groups is 1. The summed E-state index contributed by atoms with van der Waals surface area (Å²) in [6.07, 6.45) is 1.69. The van der Waals surface area contributed by atoms with E-state index in [0.29, 0.717) is 19.8 Å². The van der Waals surface area contributed by atoms with E-state index in [2.05, 4.69) is 6.58 Å². The molecular weight excluding hydrogens is 230 g/mol. The first-order valence-corrected chi connectivity index (χ1v) is 5.82. The Balaban J connectivity index is 2.56. The van der Waals surface area contributed by atoms with Gasteiger partial charge in [-0.2, -0.15) is 0 Å². The van der Waals surface area contributed by atoms with E-state index in [9.17, 15) is 4.79 Å². The molecule has 4 nitrogen and oxygen atoms in total. The number of para-hydroxylation sites is 1. The maximum atomic E-state index is 12.0. The summed E-state index contributed by atoms with van der Waals surface area (Å²) >= 11 is 0. The molecule has 18 heavy (non-hydrogen) atoms. The van der Waals surface area contributed by atoms with Gasteiger partial charge in [-0.1, -0.05) is 24.3 Å². The molecular formula is C14H19NO3. The number of anilines is 1. The molecule has 0 aliphatic rings. The van der Waals surface area contributed by atoms with Crippen LogP contribution in [0.5, 0.6) is 0 Å². The van der Waals surface area contributed by atoms with Gasteiger partial charge in [0.15, 0.2) is 0 Å². The van der Waals surface area contributed by atoms with Gasteiger partial charge in [0.2, 0.25) is 0 Å². The number of carbonyl (C=O) groups excluding carboxylic acids is 1. The van der Waals surface area contributed by atoms with Crippen molar-refractivity contribution in [1.29, 1.82) is 0 Å². The van der Waals surface area contributed by atoms with Crippen molar-refractivity contribution in [3.8, 4) is 0 Å². The Hall–Kier alpha value is -1.65. The first-order valence-electron chi connectivity index (χ1n) is 5.82. The lowest BCUT2D eigenvalue weighted by Crippen LogP contribution is -2.34. The second kappa shape index (κ2) is 8.44. The van der Waals surface area contributed by atoms with Crippen LogP contribution in [0, 0.1) is 0 Å². The normalized spacial score (nSPS) is 10.1. The van der Waals surface area contributed by atoms with Crippen LogP contribution < -0.4 is 4.90 Å². The van der Waals surface area contributed by atoms with Crippen molar-refractivity contribution >= 4 is 11.6 Å². The summed E-state index contributed by atoms with van der Waals surface area (Å²) in [5, 5.41) is 0. The minimum Gasteiger partial charge on any atom is -0.382 e. The molecule has 98 valence electrons. The van der Waals surface area contributed by atoms with E-state index in [1.54, 1.807) is 18.1 Å². The molecule has 0 fully saturated rings. The van der Waals surface area contributed by atoms with Gasteiger partial charge in [-0.05, 0) is 12.1 Å². The number of rotatable bonds is 8. The highest BCUT2D eigenvalue weighted by atomic mass is 16.5. The molecule has 0 radical (unpaired) electrons. The Labute approximate surface area is 108 Å². The quantitative estimate of drug-likeness (QED) is 0.521. The average Bonchev–Trinajstić information content (AvgIpc) is 2.41. The second-order valence-corrected chi connectivity index (χ2v) is 3.67. The van der Waals surface area contributed by atoms with E-state index < -0.39 is 0 Å². The Morgan fingerprint density at radius 1 is 1.33 bits per heavy atom. The third-order valence-corrected chi connectivity index (χ3v) is 2.34. The van der Waals surface area contributed by atoms with Gasteiger partial charge in [-0.3, -0.25) is 4.79 Å². The van der Waals surface area contributed by atoms with Crippen molar-refractivity contribution in [2.45, 2.75) is 0 Å². The van der Waals surface area contributed by atoms with E-state index in [4.69, 9.17) is 9.47 Å². The number of methoxy groups -OCH3 is 1. The zero-order chi connectivity index (χ0) is 13.2. The zero-order valence-electron chi connectivity index (χ0n) is 10.7. The van der Waals surface area contributed by atoms with Gasteiger partial charge in [0, 0.05) is 19.3 Å². The third kappa shape index (κ3) is 4.69. The fourth-order valence-electron chi connectivity index (χ4n) is 1.47. The molecule has 0 spiro atoms. The summed E-state index contributed by atoms with van der Waals surface area (Å²) in [4.78, 5) is 13.6. The minimum absolute atomic E-state index is 0.0477. The van der Waals surface area contributed by atoms with Crippen LogP contribution >= 0.6 is 0 Å². The number of ether oxygens (including phenoxy) is 2. The standard InChI is InChI=1S/C14H19NO3/c1-3-9-15(13-7-5-4-6-8-13)14(16)12-18-11-10-17-2/h3-8H,1,9-12H2,2H3. The Morgan fingerprint density at radius 2 is 2.06 bits per heavy atom. The van der Waals surface area contributed by atoms with E-state index >= 15 is 0 Å². The molecule has 0 aliphatic carbocycles. The van der Waals surface area contributed by atoms with Gasteiger partial charge < -0.3 is 14.4 Å². The lowest BCUT2D eigenvalue weighted by molar-refractivity contribution is -0.123. The molecule has 4 heteroatoms. The highest BCUT2D eigenvalue weighted by Gasteiger charge is 2.13. The van der Waals surface area contributed by atoms with Crippen LogP contribution in [0.15, 0.2) is 43.0 Å². The van der Waals surface area contributed by atoms with E-state index in [1.807, 2.05) is 30.3 Å². The molecule has 0 N–H and O–H groups in total. The minimum atomic E-state index is -0.0859. The Morgan fingerprint density at radius 3 is 2.67 bits per heavy atom. The van der Waals surface area contributed by atoms with Crippen molar-refractivity contribution < 1.29 is 14.3 Å². The lowest BCUT2D eigenvalue weighted by atomic mass is 10.3. The van der Waals surface area contributed by atoms with Crippen LogP contribution in [0.2, 0.25) is 0 Å². The van der Waals surface area contributed by atoms with Crippen molar-refractivity contribution in [1.82, 2.24) is 0 Å². The average molecular weight is 249 g/mol. The smallest absolute Gasteiger partial charge is 0.253 e. The molecule has 0 aromatic heterocycles. The summed E-state index contributed by atoms with van der Waals surface area (Å²) in [5.74, 6) is -0.0859. The van der Waals surface area contributed by atoms with Gasteiger partial charge in [-0.15, -0.1) is 6.58 Å². The maximum absolute atomic E-state index is 12.0. The largest absolute Gasteiger partial charge is 0.382 e. The molecule has 1 aromatic carbocycles. The summed E-state index contributed by atoms with van der Waals surface area (Å²) in [7, 11) is 1.60. The monoisotopic (exact) mass is 249 g/mol. The van der Waals surface area contributed by atoms with E-state index in [-0.39, 0.29) is 12.5 Å². The van der Waals surface area contributed by atoms with E-state index in [0.717, 1.165) is 5.69 Å². The van der Waals surface area contributed by atoms with Crippen LogP contribution in [0.25, 0.3) is 0 Å². The van der Waals surface area contributed by atoms with Crippen LogP contribution in [-0.4, -0.2) is 39.4 Å². The molecule has 0 saturated carbocycles. The molecule has 0 bridgehead atoms. The SMILES string of the molecule is C=CCN(C(=O)COCCOC)c1ccccc1. The van der Waals surface area contributed by atoms with Gasteiger partial charge in [-0.25, -0.2) is 0 Å². The predicted molar refractivity (Wildman–Crippen MR) is 71.7 cm³/mol. The van der Waals surface area contributed by atoms with Crippen LogP contribution in [0.3, 0.4) is 0 Å². The summed E-state index contributed by atoms with van der Waals surface area (Å²) in [5.41, 5.74) is 0.845. The zero-order valence-corrected chi connectivity index (χ0v) is 10.7. The van der Waals surface area contributed by atoms with Gasteiger partial charge in [0.05, 0.1) is 13.2 Å². The molecule has 1 rings (SSSR count). The molecule has 0 aliphatic heterocycles. The summed E-state index contributed by atoms with van der Waals surface area (Å²) in [6, 6.07) is 9.47. The first-order chi connectivity index (χ1) is 8.79. The highest BCUT2D eigenvalue weighted by Crippen LogP contribution is 2.13. The highest BCUT2D eigenvalue weighted by molar-refractivity contribution is 5.94. The molecule has 0 atom stereocenters. The van der Waals surface area contributed by atoms with Crippen molar-refractivity contribution in [2.24, 2.45) is 0 Å². The number of benzene rings is 1.